The second-order valence-corrected chi connectivity index (χ2v) is 6.32. The van der Waals surface area contributed by atoms with E-state index >= 15 is 0 Å². The topological polar surface area (TPSA) is 93.1 Å². The van der Waals surface area contributed by atoms with Crippen LogP contribution in [0.15, 0.2) is 0 Å². The zero-order valence-electron chi connectivity index (χ0n) is 12.9. The summed E-state index contributed by atoms with van der Waals surface area (Å²) in [7, 11) is 0. The average molecular weight is 314 g/mol. The van der Waals surface area contributed by atoms with E-state index in [9.17, 15) is 9.59 Å². The number of rotatable bonds is 6. The highest BCUT2D eigenvalue weighted by Crippen LogP contribution is 2.45. The lowest BCUT2D eigenvalue weighted by Gasteiger charge is -2.40. The predicted molar refractivity (Wildman–Crippen MR) is 77.8 cm³/mol. The number of hydrogen-bond acceptors (Lipinski definition) is 6. The number of carbonyl (C=O) groups is 2. The molecular weight excluding hydrogens is 288 g/mol. The summed E-state index contributed by atoms with van der Waals surface area (Å²) < 4.78 is 10.1. The van der Waals surface area contributed by atoms with Gasteiger partial charge in [0.05, 0.1) is 25.0 Å². The molecule has 2 N–H and O–H groups in total. The highest BCUT2D eigenvalue weighted by Gasteiger charge is 2.40. The highest BCUT2D eigenvalue weighted by molar-refractivity contribution is 5.73. The lowest BCUT2D eigenvalue weighted by atomic mass is 9.65. The van der Waals surface area contributed by atoms with Crippen LogP contribution in [-0.4, -0.2) is 48.6 Å². The second-order valence-electron chi connectivity index (χ2n) is 6.32. The lowest BCUT2D eigenvalue weighted by molar-refractivity contribution is -0.155. The Labute approximate surface area is 130 Å². The molecule has 22 heavy (non-hydrogen) atoms. The van der Waals surface area contributed by atoms with Gasteiger partial charge in [0.1, 0.15) is 13.2 Å². The van der Waals surface area contributed by atoms with E-state index in [-0.39, 0.29) is 50.2 Å². The van der Waals surface area contributed by atoms with Crippen molar-refractivity contribution in [2.75, 3.05) is 26.4 Å². The number of ether oxygens (including phenoxy) is 2. The summed E-state index contributed by atoms with van der Waals surface area (Å²) in [6, 6.07) is 0. The van der Waals surface area contributed by atoms with E-state index < -0.39 is 0 Å². The standard InChI is InChI=1S/C16H26O6/c17-5-7-21-15(19)13-3-1-11-9-14(4-2-12(11)10-13)16(20)22-8-6-18/h11-14,17-18H,1-10H2/t11?,12?,13-,14?/m0/s1. The molecule has 2 fully saturated rings. The van der Waals surface area contributed by atoms with E-state index in [1.807, 2.05) is 0 Å². The van der Waals surface area contributed by atoms with Crippen molar-refractivity contribution in [2.45, 2.75) is 38.5 Å². The molecule has 3 unspecified atom stereocenters. The van der Waals surface area contributed by atoms with Crippen molar-refractivity contribution < 1.29 is 29.3 Å². The van der Waals surface area contributed by atoms with Gasteiger partial charge < -0.3 is 19.7 Å². The number of aliphatic hydroxyl groups excluding tert-OH is 2. The van der Waals surface area contributed by atoms with Crippen LogP contribution in [0.5, 0.6) is 0 Å². The maximum absolute atomic E-state index is 11.9. The van der Waals surface area contributed by atoms with Crippen LogP contribution in [0, 0.1) is 23.7 Å². The Morgan fingerprint density at radius 1 is 0.773 bits per heavy atom. The smallest absolute Gasteiger partial charge is 0.309 e. The van der Waals surface area contributed by atoms with Crippen LogP contribution in [0.1, 0.15) is 38.5 Å². The Balaban J connectivity index is 1.80. The minimum absolute atomic E-state index is 0.0642. The fourth-order valence-electron chi connectivity index (χ4n) is 3.85. The van der Waals surface area contributed by atoms with Crippen LogP contribution < -0.4 is 0 Å². The number of esters is 2. The molecular formula is C16H26O6. The monoisotopic (exact) mass is 314 g/mol. The molecule has 0 radical (unpaired) electrons. The summed E-state index contributed by atoms with van der Waals surface area (Å²) in [5.74, 6) is 0.426. The molecule has 0 saturated heterocycles. The van der Waals surface area contributed by atoms with Gasteiger partial charge in [-0.15, -0.1) is 0 Å². The van der Waals surface area contributed by atoms with E-state index in [4.69, 9.17) is 19.7 Å². The first-order chi connectivity index (χ1) is 10.7. The third-order valence-corrected chi connectivity index (χ3v) is 4.95. The van der Waals surface area contributed by atoms with Crippen LogP contribution in [0.4, 0.5) is 0 Å². The Bertz CT molecular complexity index is 347. The molecule has 4 atom stereocenters. The zero-order valence-corrected chi connectivity index (χ0v) is 12.9. The quantitative estimate of drug-likeness (QED) is 0.707. The molecule has 126 valence electrons. The van der Waals surface area contributed by atoms with E-state index in [1.165, 1.54) is 0 Å². The van der Waals surface area contributed by atoms with Crippen LogP contribution >= 0.6 is 0 Å². The van der Waals surface area contributed by atoms with Gasteiger partial charge >= 0.3 is 11.9 Å². The van der Waals surface area contributed by atoms with Gasteiger partial charge in [0, 0.05) is 0 Å². The van der Waals surface area contributed by atoms with Gasteiger partial charge in [-0.3, -0.25) is 9.59 Å². The summed E-state index contributed by atoms with van der Waals surface area (Å²) in [6.45, 7) is -0.130. The number of carbonyl (C=O) groups excluding carboxylic acids is 2. The van der Waals surface area contributed by atoms with Gasteiger partial charge in [-0.1, -0.05) is 0 Å². The molecule has 2 saturated carbocycles. The minimum atomic E-state index is -0.197. The Hall–Kier alpha value is -1.14. The molecule has 0 aromatic rings. The van der Waals surface area contributed by atoms with E-state index in [1.54, 1.807) is 0 Å². The Kier molecular flexibility index (Phi) is 6.64. The first-order valence-electron chi connectivity index (χ1n) is 8.20. The zero-order chi connectivity index (χ0) is 15.9. The largest absolute Gasteiger partial charge is 0.463 e. The van der Waals surface area contributed by atoms with Gasteiger partial charge in [-0.05, 0) is 50.4 Å². The molecule has 0 spiro atoms. The minimum Gasteiger partial charge on any atom is -0.463 e. The molecule has 0 amide bonds. The lowest BCUT2D eigenvalue weighted by Crippen LogP contribution is -2.36. The maximum atomic E-state index is 11.9. The normalized spacial score (nSPS) is 31.2. The molecule has 2 aliphatic carbocycles. The summed E-state index contributed by atoms with van der Waals surface area (Å²) in [5.41, 5.74) is 0. The second kappa shape index (κ2) is 8.48. The van der Waals surface area contributed by atoms with Crippen molar-refractivity contribution in [2.24, 2.45) is 23.7 Å². The van der Waals surface area contributed by atoms with Gasteiger partial charge in [0.2, 0.25) is 0 Å². The van der Waals surface area contributed by atoms with Gasteiger partial charge in [0.25, 0.3) is 0 Å². The molecule has 0 aliphatic heterocycles. The molecule has 0 heterocycles. The van der Waals surface area contributed by atoms with E-state index in [0.717, 1.165) is 38.5 Å². The van der Waals surface area contributed by atoms with Gasteiger partial charge in [-0.25, -0.2) is 0 Å². The molecule has 2 rings (SSSR count). The van der Waals surface area contributed by atoms with Crippen molar-refractivity contribution in [1.29, 1.82) is 0 Å². The number of fused-ring (bicyclic) bond motifs is 1. The average Bonchev–Trinajstić information content (AvgIpc) is 2.56. The Morgan fingerprint density at radius 3 is 1.55 bits per heavy atom. The summed E-state index contributed by atoms with van der Waals surface area (Å²) in [4.78, 5) is 23.8. The van der Waals surface area contributed by atoms with Crippen LogP contribution in [0.2, 0.25) is 0 Å². The summed E-state index contributed by atoms with van der Waals surface area (Å²) >= 11 is 0. The summed E-state index contributed by atoms with van der Waals surface area (Å²) in [6.07, 6.45) is 5.12. The fourth-order valence-corrected chi connectivity index (χ4v) is 3.85. The fraction of sp³-hybridized carbons (Fsp3) is 0.875. The summed E-state index contributed by atoms with van der Waals surface area (Å²) in [5, 5.41) is 17.4. The first kappa shape index (κ1) is 17.2. The predicted octanol–water partition coefficient (Wildman–Crippen LogP) is 0.890. The first-order valence-corrected chi connectivity index (χ1v) is 8.20. The SMILES string of the molecule is O=C(OCCO)C1CCC2C[C@@H](C(=O)OCCO)CCC2C1. The van der Waals surface area contributed by atoms with Crippen LogP contribution in [-0.2, 0) is 19.1 Å². The Morgan fingerprint density at radius 2 is 1.18 bits per heavy atom. The van der Waals surface area contributed by atoms with Crippen molar-refractivity contribution in [1.82, 2.24) is 0 Å². The maximum Gasteiger partial charge on any atom is 0.309 e. The number of aliphatic hydroxyl groups is 2. The van der Waals surface area contributed by atoms with Crippen LogP contribution in [0.3, 0.4) is 0 Å². The molecule has 0 aromatic heterocycles. The van der Waals surface area contributed by atoms with Crippen molar-refractivity contribution >= 4 is 11.9 Å². The third kappa shape index (κ3) is 4.43. The van der Waals surface area contributed by atoms with Gasteiger partial charge in [0.15, 0.2) is 0 Å². The van der Waals surface area contributed by atoms with Crippen LogP contribution in [0.25, 0.3) is 0 Å². The molecule has 0 bridgehead atoms. The molecule has 0 aromatic carbocycles. The van der Waals surface area contributed by atoms with Gasteiger partial charge in [-0.2, -0.15) is 0 Å². The highest BCUT2D eigenvalue weighted by atomic mass is 16.5. The molecule has 2 aliphatic rings. The third-order valence-electron chi connectivity index (χ3n) is 4.95. The molecule has 6 nitrogen and oxygen atoms in total. The van der Waals surface area contributed by atoms with Crippen molar-refractivity contribution in [3.8, 4) is 0 Å². The van der Waals surface area contributed by atoms with Crippen molar-refractivity contribution in [3.63, 3.8) is 0 Å². The van der Waals surface area contributed by atoms with E-state index in [2.05, 4.69) is 0 Å². The molecule has 6 heteroatoms. The number of hydrogen-bond donors (Lipinski definition) is 2. The van der Waals surface area contributed by atoms with Crippen molar-refractivity contribution in [3.05, 3.63) is 0 Å². The van der Waals surface area contributed by atoms with E-state index in [0.29, 0.717) is 11.8 Å².